The van der Waals surface area contributed by atoms with Gasteiger partial charge in [-0.25, -0.2) is 9.18 Å². The number of hydrogen-bond donors (Lipinski definition) is 1. The fourth-order valence-corrected chi connectivity index (χ4v) is 1.97. The predicted octanol–water partition coefficient (Wildman–Crippen LogP) is 3.53. The molecule has 0 aromatic heterocycles. The number of anilines is 1. The first-order valence-corrected chi connectivity index (χ1v) is 6.27. The number of methoxy groups -OCH3 is 1. The number of carbonyl (C=O) groups is 1. The second kappa shape index (κ2) is 6.19. The van der Waals surface area contributed by atoms with Gasteiger partial charge >= 0.3 is 5.97 Å². The highest BCUT2D eigenvalue weighted by Gasteiger charge is 2.12. The van der Waals surface area contributed by atoms with E-state index in [2.05, 4.69) is 10.1 Å². The molecule has 3 nitrogen and oxygen atoms in total. The van der Waals surface area contributed by atoms with Gasteiger partial charge in [-0.3, -0.25) is 0 Å². The molecule has 0 amide bonds. The Bertz CT molecular complexity index is 626. The van der Waals surface area contributed by atoms with Gasteiger partial charge in [0.2, 0.25) is 0 Å². The number of aryl methyl sites for hydroxylation is 1. The van der Waals surface area contributed by atoms with E-state index < -0.39 is 11.8 Å². The van der Waals surface area contributed by atoms with Crippen LogP contribution in [0.5, 0.6) is 0 Å². The van der Waals surface area contributed by atoms with E-state index in [4.69, 9.17) is 0 Å². The first-order chi connectivity index (χ1) is 9.60. The van der Waals surface area contributed by atoms with Crippen molar-refractivity contribution in [3.63, 3.8) is 0 Å². The average Bonchev–Trinajstić information content (AvgIpc) is 2.45. The Labute approximate surface area is 117 Å². The van der Waals surface area contributed by atoms with E-state index in [0.29, 0.717) is 12.2 Å². The maximum atomic E-state index is 13.2. The van der Waals surface area contributed by atoms with Crippen molar-refractivity contribution in [1.82, 2.24) is 0 Å². The summed E-state index contributed by atoms with van der Waals surface area (Å²) < 4.78 is 17.9. The molecule has 0 aliphatic heterocycles. The summed E-state index contributed by atoms with van der Waals surface area (Å²) in [6, 6.07) is 12.0. The van der Waals surface area contributed by atoms with Gasteiger partial charge in [-0.1, -0.05) is 29.8 Å². The van der Waals surface area contributed by atoms with Gasteiger partial charge in [0.05, 0.1) is 12.7 Å². The maximum Gasteiger partial charge on any atom is 0.340 e. The molecule has 2 aromatic carbocycles. The molecule has 0 heterocycles. The number of ether oxygens (including phenoxy) is 1. The summed E-state index contributed by atoms with van der Waals surface area (Å²) in [5.74, 6) is -1.03. The van der Waals surface area contributed by atoms with Crippen molar-refractivity contribution < 1.29 is 13.9 Å². The summed E-state index contributed by atoms with van der Waals surface area (Å²) in [5, 5.41) is 3.13. The Morgan fingerprint density at radius 3 is 2.75 bits per heavy atom. The first-order valence-electron chi connectivity index (χ1n) is 6.27. The molecule has 0 radical (unpaired) electrons. The maximum absolute atomic E-state index is 13.2. The SMILES string of the molecule is COC(=O)c1cc(F)ccc1NCc1cccc(C)c1. The van der Waals surface area contributed by atoms with Crippen molar-refractivity contribution in [2.45, 2.75) is 13.5 Å². The van der Waals surface area contributed by atoms with E-state index in [1.807, 2.05) is 31.2 Å². The van der Waals surface area contributed by atoms with E-state index in [1.54, 1.807) is 0 Å². The third-order valence-corrected chi connectivity index (χ3v) is 2.95. The summed E-state index contributed by atoms with van der Waals surface area (Å²) in [6.07, 6.45) is 0. The van der Waals surface area contributed by atoms with Gasteiger partial charge in [-0.05, 0) is 30.7 Å². The van der Waals surface area contributed by atoms with Crippen LogP contribution in [0.1, 0.15) is 21.5 Å². The topological polar surface area (TPSA) is 38.3 Å². The fourth-order valence-electron chi connectivity index (χ4n) is 1.97. The molecule has 2 aromatic rings. The van der Waals surface area contributed by atoms with Gasteiger partial charge in [0.1, 0.15) is 5.82 Å². The molecular weight excluding hydrogens is 257 g/mol. The van der Waals surface area contributed by atoms with Crippen molar-refractivity contribution in [3.8, 4) is 0 Å². The molecular formula is C16H16FNO2. The third kappa shape index (κ3) is 3.35. The molecule has 0 atom stereocenters. The number of carbonyl (C=O) groups excluding carboxylic acids is 1. The largest absolute Gasteiger partial charge is 0.465 e. The van der Waals surface area contributed by atoms with E-state index >= 15 is 0 Å². The first kappa shape index (κ1) is 14.1. The number of rotatable bonds is 4. The summed E-state index contributed by atoms with van der Waals surface area (Å²) >= 11 is 0. The van der Waals surface area contributed by atoms with Crippen LogP contribution >= 0.6 is 0 Å². The van der Waals surface area contributed by atoms with Crippen molar-refractivity contribution in [2.75, 3.05) is 12.4 Å². The van der Waals surface area contributed by atoms with Crippen LogP contribution in [0.15, 0.2) is 42.5 Å². The second-order valence-corrected chi connectivity index (χ2v) is 4.52. The Balaban J connectivity index is 2.19. The van der Waals surface area contributed by atoms with E-state index in [-0.39, 0.29) is 5.56 Å². The summed E-state index contributed by atoms with van der Waals surface area (Å²) in [4.78, 5) is 11.6. The average molecular weight is 273 g/mol. The van der Waals surface area contributed by atoms with Crippen LogP contribution in [0.4, 0.5) is 10.1 Å². The van der Waals surface area contributed by atoms with Gasteiger partial charge in [-0.2, -0.15) is 0 Å². The van der Waals surface area contributed by atoms with Crippen LogP contribution in [0, 0.1) is 12.7 Å². The standard InChI is InChI=1S/C16H16FNO2/c1-11-4-3-5-12(8-11)10-18-15-7-6-13(17)9-14(15)16(19)20-2/h3-9,18H,10H2,1-2H3. The van der Waals surface area contributed by atoms with Crippen molar-refractivity contribution in [1.29, 1.82) is 0 Å². The molecule has 0 bridgehead atoms. The van der Waals surface area contributed by atoms with E-state index in [1.165, 1.54) is 25.3 Å². The molecule has 1 N–H and O–H groups in total. The zero-order chi connectivity index (χ0) is 14.5. The van der Waals surface area contributed by atoms with Gasteiger partial charge in [0.15, 0.2) is 0 Å². The summed E-state index contributed by atoms with van der Waals surface area (Å²) in [6.45, 7) is 2.57. The molecule has 0 aliphatic carbocycles. The molecule has 0 saturated carbocycles. The highest BCUT2D eigenvalue weighted by atomic mass is 19.1. The number of benzene rings is 2. The minimum absolute atomic E-state index is 0.195. The predicted molar refractivity (Wildman–Crippen MR) is 76.2 cm³/mol. The molecule has 0 aliphatic rings. The van der Waals surface area contributed by atoms with E-state index in [9.17, 15) is 9.18 Å². The van der Waals surface area contributed by atoms with Crippen molar-refractivity contribution >= 4 is 11.7 Å². The summed E-state index contributed by atoms with van der Waals surface area (Å²) in [7, 11) is 1.28. The highest BCUT2D eigenvalue weighted by Crippen LogP contribution is 2.19. The monoisotopic (exact) mass is 273 g/mol. The van der Waals surface area contributed by atoms with Crippen LogP contribution in [0.2, 0.25) is 0 Å². The molecule has 104 valence electrons. The molecule has 0 spiro atoms. The highest BCUT2D eigenvalue weighted by molar-refractivity contribution is 5.95. The number of hydrogen-bond acceptors (Lipinski definition) is 3. The molecule has 4 heteroatoms. The van der Waals surface area contributed by atoms with Crippen molar-refractivity contribution in [2.24, 2.45) is 0 Å². The zero-order valence-corrected chi connectivity index (χ0v) is 11.4. The third-order valence-electron chi connectivity index (χ3n) is 2.95. The minimum atomic E-state index is -0.559. The minimum Gasteiger partial charge on any atom is -0.465 e. The number of nitrogens with one attached hydrogen (secondary N) is 1. The Morgan fingerprint density at radius 1 is 1.25 bits per heavy atom. The Kier molecular flexibility index (Phi) is 4.35. The normalized spacial score (nSPS) is 10.2. The van der Waals surface area contributed by atoms with Crippen LogP contribution in [-0.4, -0.2) is 13.1 Å². The quantitative estimate of drug-likeness (QED) is 0.866. The molecule has 0 unspecified atom stereocenters. The van der Waals surface area contributed by atoms with Crippen LogP contribution in [-0.2, 0) is 11.3 Å². The van der Waals surface area contributed by atoms with Gasteiger partial charge in [0, 0.05) is 12.2 Å². The summed E-state index contributed by atoms with van der Waals surface area (Å²) in [5.41, 5.74) is 3.00. The zero-order valence-electron chi connectivity index (χ0n) is 11.4. The van der Waals surface area contributed by atoms with Crippen LogP contribution in [0.25, 0.3) is 0 Å². The molecule has 0 fully saturated rings. The smallest absolute Gasteiger partial charge is 0.340 e. The lowest BCUT2D eigenvalue weighted by Crippen LogP contribution is -2.08. The lowest BCUT2D eigenvalue weighted by Gasteiger charge is -2.11. The van der Waals surface area contributed by atoms with E-state index in [0.717, 1.165) is 11.1 Å². The van der Waals surface area contributed by atoms with Crippen LogP contribution in [0.3, 0.4) is 0 Å². The molecule has 2 rings (SSSR count). The van der Waals surface area contributed by atoms with Gasteiger partial charge in [-0.15, -0.1) is 0 Å². The Hall–Kier alpha value is -2.36. The molecule has 20 heavy (non-hydrogen) atoms. The fraction of sp³-hybridized carbons (Fsp3) is 0.188. The lowest BCUT2D eigenvalue weighted by atomic mass is 10.1. The van der Waals surface area contributed by atoms with Gasteiger partial charge in [0.25, 0.3) is 0 Å². The van der Waals surface area contributed by atoms with Crippen molar-refractivity contribution in [3.05, 3.63) is 65.0 Å². The number of halogens is 1. The van der Waals surface area contributed by atoms with Gasteiger partial charge < -0.3 is 10.1 Å². The van der Waals surface area contributed by atoms with Crippen LogP contribution < -0.4 is 5.32 Å². The number of esters is 1. The second-order valence-electron chi connectivity index (χ2n) is 4.52. The Morgan fingerprint density at radius 2 is 2.05 bits per heavy atom. The molecule has 0 saturated heterocycles. The lowest BCUT2D eigenvalue weighted by molar-refractivity contribution is 0.0601.